The van der Waals surface area contributed by atoms with E-state index in [4.69, 9.17) is 0 Å². The van der Waals surface area contributed by atoms with Crippen LogP contribution in [0.4, 0.5) is 0 Å². The van der Waals surface area contributed by atoms with Gasteiger partial charge in [0, 0.05) is 35.8 Å². The number of unbranched alkanes of at least 4 members (excludes halogenated alkanes) is 1. The van der Waals surface area contributed by atoms with Gasteiger partial charge in [0.1, 0.15) is 0 Å². The molecule has 138 valence electrons. The molecule has 0 radical (unpaired) electrons. The van der Waals surface area contributed by atoms with E-state index in [1.807, 2.05) is 18.4 Å². The zero-order chi connectivity index (χ0) is 16.5. The van der Waals surface area contributed by atoms with Gasteiger partial charge < -0.3 is 15.5 Å². The van der Waals surface area contributed by atoms with E-state index < -0.39 is 0 Å². The van der Waals surface area contributed by atoms with E-state index in [1.165, 1.54) is 55.1 Å². The highest BCUT2D eigenvalue weighted by Crippen LogP contribution is 2.16. The Labute approximate surface area is 168 Å². The average Bonchev–Trinajstić information content (AvgIpc) is 3.17. The summed E-state index contributed by atoms with van der Waals surface area (Å²) in [5.74, 6) is 0.923. The zero-order valence-electron chi connectivity index (χ0n) is 15.3. The number of likely N-dealkylation sites (tertiary alicyclic amines) is 1. The summed E-state index contributed by atoms with van der Waals surface area (Å²) >= 11 is 1.88. The fourth-order valence-corrected chi connectivity index (χ4v) is 4.07. The van der Waals surface area contributed by atoms with Gasteiger partial charge in [-0.25, -0.2) is 0 Å². The number of guanidine groups is 1. The van der Waals surface area contributed by atoms with Crippen LogP contribution in [0.25, 0.3) is 0 Å². The molecule has 0 aliphatic carbocycles. The fraction of sp³-hybridized carbons (Fsp3) is 0.722. The molecule has 0 bridgehead atoms. The lowest BCUT2D eigenvalue weighted by Crippen LogP contribution is -2.43. The first-order valence-electron chi connectivity index (χ1n) is 8.92. The molecule has 1 aliphatic heterocycles. The number of hydrogen-bond donors (Lipinski definition) is 2. The minimum Gasteiger partial charge on any atom is -0.356 e. The van der Waals surface area contributed by atoms with Gasteiger partial charge in [0.15, 0.2) is 5.96 Å². The number of hydrogen-bond acceptors (Lipinski definition) is 3. The highest BCUT2D eigenvalue weighted by Gasteiger charge is 2.10. The number of nitrogens with zero attached hydrogens (tertiary/aromatic N) is 2. The smallest absolute Gasteiger partial charge is 0.191 e. The largest absolute Gasteiger partial charge is 0.356 e. The summed E-state index contributed by atoms with van der Waals surface area (Å²) in [5, 5.41) is 6.93. The first-order chi connectivity index (χ1) is 11.2. The molecule has 1 unspecified atom stereocenters. The van der Waals surface area contributed by atoms with Gasteiger partial charge in [0.2, 0.25) is 0 Å². The second-order valence-corrected chi connectivity index (χ2v) is 7.89. The Hall–Kier alpha value is -0.340. The van der Waals surface area contributed by atoms with Crippen molar-refractivity contribution >= 4 is 41.3 Å². The van der Waals surface area contributed by atoms with E-state index in [2.05, 4.69) is 46.5 Å². The molecule has 0 aromatic carbocycles. The standard InChI is InChI=1S/C18H32N4S.HI/c1-15(14-17-9-8-16(2)23-17)21-18(19-3)20-10-4-5-11-22-12-6-7-13-22;/h8-9,15H,4-7,10-14H2,1-3H3,(H2,19,20,21);1H. The van der Waals surface area contributed by atoms with Crippen molar-refractivity contribution in [3.63, 3.8) is 0 Å². The molecule has 1 aliphatic rings. The van der Waals surface area contributed by atoms with Crippen LogP contribution >= 0.6 is 35.3 Å². The maximum atomic E-state index is 4.34. The molecule has 1 atom stereocenters. The molecule has 1 saturated heterocycles. The Morgan fingerprint density at radius 3 is 2.67 bits per heavy atom. The van der Waals surface area contributed by atoms with Gasteiger partial charge >= 0.3 is 0 Å². The molecule has 4 nitrogen and oxygen atoms in total. The summed E-state index contributed by atoms with van der Waals surface area (Å²) in [5.41, 5.74) is 0. The number of halogens is 1. The summed E-state index contributed by atoms with van der Waals surface area (Å²) in [6.07, 6.45) is 6.30. The summed E-state index contributed by atoms with van der Waals surface area (Å²) in [6.45, 7) is 9.23. The van der Waals surface area contributed by atoms with Gasteiger partial charge in [-0.15, -0.1) is 35.3 Å². The van der Waals surface area contributed by atoms with Crippen molar-refractivity contribution < 1.29 is 0 Å². The maximum Gasteiger partial charge on any atom is 0.191 e. The van der Waals surface area contributed by atoms with E-state index in [0.29, 0.717) is 6.04 Å². The Morgan fingerprint density at radius 2 is 2.04 bits per heavy atom. The van der Waals surface area contributed by atoms with Crippen molar-refractivity contribution in [3.05, 3.63) is 21.9 Å². The molecule has 24 heavy (non-hydrogen) atoms. The van der Waals surface area contributed by atoms with Crippen LogP contribution in [-0.2, 0) is 6.42 Å². The second kappa shape index (κ2) is 12.1. The first-order valence-corrected chi connectivity index (χ1v) is 9.74. The highest BCUT2D eigenvalue weighted by atomic mass is 127. The van der Waals surface area contributed by atoms with Crippen LogP contribution in [0.15, 0.2) is 17.1 Å². The van der Waals surface area contributed by atoms with Crippen LogP contribution in [0.2, 0.25) is 0 Å². The Balaban J connectivity index is 0.00000288. The maximum absolute atomic E-state index is 4.34. The monoisotopic (exact) mass is 464 g/mol. The molecule has 2 heterocycles. The number of aryl methyl sites for hydroxylation is 1. The second-order valence-electron chi connectivity index (χ2n) is 6.52. The normalized spacial score (nSPS) is 16.7. The Kier molecular flexibility index (Phi) is 10.9. The summed E-state index contributed by atoms with van der Waals surface area (Å²) in [7, 11) is 1.85. The number of nitrogens with one attached hydrogen (secondary N) is 2. The molecule has 0 amide bonds. The Bertz CT molecular complexity index is 483. The van der Waals surface area contributed by atoms with Crippen LogP contribution < -0.4 is 10.6 Å². The number of rotatable bonds is 8. The molecule has 0 spiro atoms. The van der Waals surface area contributed by atoms with E-state index in [1.54, 1.807) is 0 Å². The first kappa shape index (κ1) is 21.7. The van der Waals surface area contributed by atoms with Crippen LogP contribution in [0.1, 0.15) is 42.4 Å². The van der Waals surface area contributed by atoms with Crippen molar-refractivity contribution in [3.8, 4) is 0 Å². The molecule has 2 N–H and O–H groups in total. The van der Waals surface area contributed by atoms with E-state index in [0.717, 1.165) is 18.9 Å². The van der Waals surface area contributed by atoms with Crippen molar-refractivity contribution in [2.24, 2.45) is 4.99 Å². The summed E-state index contributed by atoms with van der Waals surface area (Å²) in [4.78, 5) is 9.73. The van der Waals surface area contributed by atoms with Crippen LogP contribution in [-0.4, -0.2) is 50.1 Å². The molecular weight excluding hydrogens is 431 g/mol. The predicted molar refractivity (Wildman–Crippen MR) is 117 cm³/mol. The van der Waals surface area contributed by atoms with Crippen molar-refractivity contribution in [1.29, 1.82) is 0 Å². The highest BCUT2D eigenvalue weighted by molar-refractivity contribution is 14.0. The van der Waals surface area contributed by atoms with Gasteiger partial charge in [-0.1, -0.05) is 0 Å². The summed E-state index contributed by atoms with van der Waals surface area (Å²) in [6, 6.07) is 4.82. The molecule has 2 rings (SSSR count). The lowest BCUT2D eigenvalue weighted by atomic mass is 10.2. The molecule has 0 saturated carbocycles. The van der Waals surface area contributed by atoms with Crippen LogP contribution in [0.3, 0.4) is 0 Å². The topological polar surface area (TPSA) is 39.7 Å². The third-order valence-corrected chi connectivity index (χ3v) is 5.33. The van der Waals surface area contributed by atoms with Gasteiger partial charge in [-0.2, -0.15) is 0 Å². The molecule has 1 fully saturated rings. The van der Waals surface area contributed by atoms with Crippen molar-refractivity contribution in [2.45, 2.75) is 52.0 Å². The molecule has 1 aromatic heterocycles. The van der Waals surface area contributed by atoms with E-state index in [-0.39, 0.29) is 24.0 Å². The van der Waals surface area contributed by atoms with Gasteiger partial charge in [-0.3, -0.25) is 4.99 Å². The van der Waals surface area contributed by atoms with Crippen LogP contribution in [0, 0.1) is 6.92 Å². The van der Waals surface area contributed by atoms with E-state index in [9.17, 15) is 0 Å². The van der Waals surface area contributed by atoms with Crippen molar-refractivity contribution in [2.75, 3.05) is 33.2 Å². The van der Waals surface area contributed by atoms with Gasteiger partial charge in [-0.05, 0) is 71.3 Å². The fourth-order valence-electron chi connectivity index (χ4n) is 3.05. The average molecular weight is 464 g/mol. The molecular formula is C18H33IN4S. The quantitative estimate of drug-likeness (QED) is 0.267. The number of aliphatic imine (C=N–C) groups is 1. The minimum absolute atomic E-state index is 0. The Morgan fingerprint density at radius 1 is 1.29 bits per heavy atom. The number of thiophene rings is 1. The lowest BCUT2D eigenvalue weighted by Gasteiger charge is -2.18. The zero-order valence-corrected chi connectivity index (χ0v) is 18.5. The van der Waals surface area contributed by atoms with E-state index >= 15 is 0 Å². The predicted octanol–water partition coefficient (Wildman–Crippen LogP) is 3.65. The minimum atomic E-state index is 0. The summed E-state index contributed by atoms with van der Waals surface area (Å²) < 4.78 is 0. The SMILES string of the molecule is CN=C(NCCCCN1CCCC1)NC(C)Cc1ccc(C)s1.I. The van der Waals surface area contributed by atoms with Gasteiger partial charge in [0.25, 0.3) is 0 Å². The van der Waals surface area contributed by atoms with Crippen LogP contribution in [0.5, 0.6) is 0 Å². The lowest BCUT2D eigenvalue weighted by molar-refractivity contribution is 0.330. The third-order valence-electron chi connectivity index (χ3n) is 4.30. The van der Waals surface area contributed by atoms with Crippen molar-refractivity contribution in [1.82, 2.24) is 15.5 Å². The van der Waals surface area contributed by atoms with Gasteiger partial charge in [0.05, 0.1) is 0 Å². The molecule has 6 heteroatoms. The molecule has 1 aromatic rings. The third kappa shape index (κ3) is 8.16.